The molecule has 0 saturated heterocycles. The largest absolute Gasteiger partial charge is 0.272 e. The van der Waals surface area contributed by atoms with Crippen LogP contribution in [0.4, 0.5) is 5.69 Å². The highest BCUT2D eigenvalue weighted by Gasteiger charge is 2.06. The maximum atomic E-state index is 6.96. The average Bonchev–Trinajstić information content (AvgIpc) is 2.76. The molecule has 0 aliphatic heterocycles. The van der Waals surface area contributed by atoms with E-state index in [2.05, 4.69) is 23.8 Å². The Morgan fingerprint density at radius 1 is 1.39 bits per heavy atom. The van der Waals surface area contributed by atoms with Gasteiger partial charge in [0, 0.05) is 23.3 Å². The van der Waals surface area contributed by atoms with Crippen molar-refractivity contribution in [2.24, 2.45) is 5.92 Å². The molecule has 0 bridgehead atoms. The molecule has 1 heterocycles. The maximum Gasteiger partial charge on any atom is 0.205 e. The second-order valence-electron chi connectivity index (χ2n) is 4.59. The van der Waals surface area contributed by atoms with Gasteiger partial charge in [-0.15, -0.1) is 0 Å². The Balaban J connectivity index is 2.29. The molecule has 0 radical (unpaired) electrons. The van der Waals surface area contributed by atoms with E-state index in [-0.39, 0.29) is 0 Å². The summed E-state index contributed by atoms with van der Waals surface area (Å²) in [6.07, 6.45) is 1.96. The van der Waals surface area contributed by atoms with Gasteiger partial charge in [0.2, 0.25) is 5.69 Å². The first kappa shape index (κ1) is 12.7. The molecule has 0 saturated carbocycles. The zero-order valence-electron chi connectivity index (χ0n) is 10.4. The number of benzene rings is 1. The van der Waals surface area contributed by atoms with Gasteiger partial charge in [0.1, 0.15) is 0 Å². The van der Waals surface area contributed by atoms with Crippen molar-refractivity contribution in [1.82, 2.24) is 9.78 Å². The predicted octanol–water partition coefficient (Wildman–Crippen LogP) is 4.41. The average molecular weight is 260 g/mol. The van der Waals surface area contributed by atoms with Crippen molar-refractivity contribution in [3.8, 4) is 11.3 Å². The molecular formula is C14H14ClN3. The topological polar surface area (TPSA) is 22.2 Å². The van der Waals surface area contributed by atoms with Gasteiger partial charge in [0.25, 0.3) is 0 Å². The van der Waals surface area contributed by atoms with Crippen LogP contribution in [0.3, 0.4) is 0 Å². The highest BCUT2D eigenvalue weighted by Crippen LogP contribution is 2.29. The summed E-state index contributed by atoms with van der Waals surface area (Å²) in [6.45, 7) is 12.2. The Morgan fingerprint density at radius 3 is 2.78 bits per heavy atom. The van der Waals surface area contributed by atoms with E-state index in [1.54, 1.807) is 12.1 Å². The summed E-state index contributed by atoms with van der Waals surface area (Å²) in [7, 11) is 0. The highest BCUT2D eigenvalue weighted by molar-refractivity contribution is 6.33. The van der Waals surface area contributed by atoms with Crippen LogP contribution in [-0.4, -0.2) is 9.78 Å². The summed E-state index contributed by atoms with van der Waals surface area (Å²) in [5.41, 5.74) is 2.30. The van der Waals surface area contributed by atoms with Gasteiger partial charge in [0.05, 0.1) is 12.3 Å². The van der Waals surface area contributed by atoms with Crippen molar-refractivity contribution in [3.63, 3.8) is 0 Å². The molecule has 1 aromatic heterocycles. The monoisotopic (exact) mass is 259 g/mol. The van der Waals surface area contributed by atoms with Crippen LogP contribution < -0.4 is 0 Å². The highest BCUT2D eigenvalue weighted by atomic mass is 35.5. The Kier molecular flexibility index (Phi) is 3.69. The first-order chi connectivity index (χ1) is 8.60. The maximum absolute atomic E-state index is 6.96. The minimum absolute atomic E-state index is 0.473. The van der Waals surface area contributed by atoms with Crippen molar-refractivity contribution in [1.29, 1.82) is 0 Å². The van der Waals surface area contributed by atoms with Crippen LogP contribution in [0.1, 0.15) is 13.8 Å². The molecule has 0 amide bonds. The van der Waals surface area contributed by atoms with Crippen LogP contribution in [-0.2, 0) is 6.54 Å². The quantitative estimate of drug-likeness (QED) is 0.749. The Hall–Kier alpha value is -1.79. The number of hydrogen-bond acceptors (Lipinski definition) is 1. The zero-order valence-corrected chi connectivity index (χ0v) is 11.1. The molecule has 0 spiro atoms. The lowest BCUT2D eigenvalue weighted by Crippen LogP contribution is -2.04. The molecule has 4 heteroatoms. The van der Waals surface area contributed by atoms with Crippen LogP contribution in [0.5, 0.6) is 0 Å². The van der Waals surface area contributed by atoms with E-state index in [4.69, 9.17) is 18.2 Å². The van der Waals surface area contributed by atoms with Crippen LogP contribution in [0.2, 0.25) is 5.02 Å². The van der Waals surface area contributed by atoms with Crippen molar-refractivity contribution < 1.29 is 0 Å². The molecule has 92 valence electrons. The van der Waals surface area contributed by atoms with E-state index in [9.17, 15) is 0 Å². The van der Waals surface area contributed by atoms with Crippen LogP contribution >= 0.6 is 11.6 Å². The molecule has 2 aromatic rings. The smallest absolute Gasteiger partial charge is 0.205 e. The van der Waals surface area contributed by atoms with Gasteiger partial charge in [-0.1, -0.05) is 37.6 Å². The molecule has 1 aromatic carbocycles. The van der Waals surface area contributed by atoms with Crippen LogP contribution in [0.15, 0.2) is 30.5 Å². The number of halogens is 1. The van der Waals surface area contributed by atoms with E-state index in [1.807, 2.05) is 23.0 Å². The Bertz CT molecular complexity index is 593. The SMILES string of the molecule is [C-]#[N+]c1ccc(-c2ccn(CC(C)C)n2)cc1Cl. The van der Waals surface area contributed by atoms with Crippen LogP contribution in [0, 0.1) is 12.5 Å². The molecule has 0 unspecified atom stereocenters. The third kappa shape index (κ3) is 2.72. The second-order valence-corrected chi connectivity index (χ2v) is 5.00. The van der Waals surface area contributed by atoms with Gasteiger partial charge in [-0.25, -0.2) is 4.85 Å². The molecule has 0 fully saturated rings. The Labute approximate surface area is 112 Å². The minimum Gasteiger partial charge on any atom is -0.272 e. The van der Waals surface area contributed by atoms with Crippen molar-refractivity contribution in [2.75, 3.05) is 0 Å². The number of aromatic nitrogens is 2. The minimum atomic E-state index is 0.473. The standard InChI is InChI=1S/C14H14ClN3/c1-10(2)9-18-7-6-13(17-18)11-4-5-14(16-3)12(15)8-11/h4-8,10H,9H2,1-2H3. The van der Waals surface area contributed by atoms with Crippen molar-refractivity contribution in [2.45, 2.75) is 20.4 Å². The fourth-order valence-electron chi connectivity index (χ4n) is 1.75. The van der Waals surface area contributed by atoms with E-state index < -0.39 is 0 Å². The first-order valence-corrected chi connectivity index (χ1v) is 6.19. The Morgan fingerprint density at radius 2 is 2.17 bits per heavy atom. The fourth-order valence-corrected chi connectivity index (χ4v) is 1.97. The van der Waals surface area contributed by atoms with E-state index in [0.717, 1.165) is 17.8 Å². The van der Waals surface area contributed by atoms with Gasteiger partial charge in [-0.2, -0.15) is 5.10 Å². The summed E-state index contributed by atoms with van der Waals surface area (Å²) in [5, 5.41) is 4.97. The van der Waals surface area contributed by atoms with E-state index in [1.165, 1.54) is 0 Å². The van der Waals surface area contributed by atoms with Crippen molar-refractivity contribution >= 4 is 17.3 Å². The summed E-state index contributed by atoms with van der Waals surface area (Å²) >= 11 is 6.02. The molecule has 0 aliphatic rings. The van der Waals surface area contributed by atoms with E-state index >= 15 is 0 Å². The van der Waals surface area contributed by atoms with Gasteiger partial charge in [-0.3, -0.25) is 4.68 Å². The third-order valence-corrected chi connectivity index (χ3v) is 2.86. The van der Waals surface area contributed by atoms with Gasteiger partial charge < -0.3 is 0 Å². The van der Waals surface area contributed by atoms with Crippen LogP contribution in [0.25, 0.3) is 16.1 Å². The molecule has 3 nitrogen and oxygen atoms in total. The molecular weight excluding hydrogens is 246 g/mol. The third-order valence-electron chi connectivity index (χ3n) is 2.56. The number of rotatable bonds is 3. The summed E-state index contributed by atoms with van der Waals surface area (Å²) in [4.78, 5) is 3.34. The first-order valence-electron chi connectivity index (χ1n) is 5.81. The van der Waals surface area contributed by atoms with E-state index in [0.29, 0.717) is 16.6 Å². The lowest BCUT2D eigenvalue weighted by molar-refractivity contribution is 0.484. The lowest BCUT2D eigenvalue weighted by Gasteiger charge is -2.04. The summed E-state index contributed by atoms with van der Waals surface area (Å²) in [6, 6.07) is 7.36. The normalized spacial score (nSPS) is 10.6. The number of hydrogen-bond donors (Lipinski definition) is 0. The fraction of sp³-hybridized carbons (Fsp3) is 0.286. The molecule has 2 rings (SSSR count). The molecule has 18 heavy (non-hydrogen) atoms. The number of nitrogens with zero attached hydrogens (tertiary/aromatic N) is 3. The van der Waals surface area contributed by atoms with Gasteiger partial charge >= 0.3 is 0 Å². The van der Waals surface area contributed by atoms with Gasteiger partial charge in [0.15, 0.2) is 0 Å². The molecule has 0 aliphatic carbocycles. The van der Waals surface area contributed by atoms with Gasteiger partial charge in [-0.05, 0) is 18.1 Å². The zero-order chi connectivity index (χ0) is 13.1. The van der Waals surface area contributed by atoms with Crippen molar-refractivity contribution in [3.05, 3.63) is 46.9 Å². The summed E-state index contributed by atoms with van der Waals surface area (Å²) in [5.74, 6) is 0.561. The predicted molar refractivity (Wildman–Crippen MR) is 73.8 cm³/mol. The summed E-state index contributed by atoms with van der Waals surface area (Å²) < 4.78 is 1.93. The second kappa shape index (κ2) is 5.24. The lowest BCUT2D eigenvalue weighted by atomic mass is 10.1. The molecule has 0 atom stereocenters. The molecule has 0 N–H and O–H groups in total.